The van der Waals surface area contributed by atoms with Crippen molar-refractivity contribution in [3.05, 3.63) is 72.8 Å². The van der Waals surface area contributed by atoms with E-state index in [1.807, 2.05) is 53.5 Å². The third-order valence-corrected chi connectivity index (χ3v) is 3.87. The van der Waals surface area contributed by atoms with E-state index in [4.69, 9.17) is 0 Å². The van der Waals surface area contributed by atoms with Crippen molar-refractivity contribution >= 4 is 11.6 Å². The number of carbonyl (C=O) groups is 1. The van der Waals surface area contributed by atoms with Crippen molar-refractivity contribution in [1.82, 2.24) is 20.1 Å². The lowest BCUT2D eigenvalue weighted by atomic mass is 10.2. The average Bonchev–Trinajstić information content (AvgIpc) is 3.13. The van der Waals surface area contributed by atoms with Gasteiger partial charge in [0.1, 0.15) is 0 Å². The van der Waals surface area contributed by atoms with Crippen molar-refractivity contribution in [2.45, 2.75) is 19.4 Å². The van der Waals surface area contributed by atoms with Gasteiger partial charge >= 0.3 is 0 Å². The normalized spacial score (nSPS) is 11.9. The van der Waals surface area contributed by atoms with E-state index < -0.39 is 0 Å². The molecule has 1 aromatic carbocycles. The van der Waals surface area contributed by atoms with Gasteiger partial charge in [-0.1, -0.05) is 18.2 Å². The topological polar surface area (TPSA) is 71.8 Å². The highest BCUT2D eigenvalue weighted by atomic mass is 16.1. The van der Waals surface area contributed by atoms with Crippen LogP contribution in [0.1, 0.15) is 24.9 Å². The molecule has 0 fully saturated rings. The monoisotopic (exact) mass is 335 g/mol. The first-order valence-electron chi connectivity index (χ1n) is 8.25. The lowest BCUT2D eigenvalue weighted by molar-refractivity contribution is -0.116. The molecule has 1 atom stereocenters. The molecule has 0 aliphatic heterocycles. The van der Waals surface area contributed by atoms with Crippen LogP contribution >= 0.6 is 0 Å². The number of nitrogens with zero attached hydrogens (tertiary/aromatic N) is 3. The average molecular weight is 335 g/mol. The van der Waals surface area contributed by atoms with Crippen LogP contribution in [-0.4, -0.2) is 27.2 Å². The lowest BCUT2D eigenvalue weighted by Gasteiger charge is -2.12. The van der Waals surface area contributed by atoms with Crippen molar-refractivity contribution in [2.24, 2.45) is 0 Å². The molecule has 0 aliphatic carbocycles. The summed E-state index contributed by atoms with van der Waals surface area (Å²) in [6, 6.07) is 13.7. The Morgan fingerprint density at radius 2 is 2.00 bits per heavy atom. The van der Waals surface area contributed by atoms with E-state index in [9.17, 15) is 4.79 Å². The summed E-state index contributed by atoms with van der Waals surface area (Å²) in [6.07, 6.45) is 7.55. The minimum atomic E-state index is -0.0346. The number of pyridine rings is 1. The van der Waals surface area contributed by atoms with Crippen LogP contribution < -0.4 is 10.6 Å². The number of para-hydroxylation sites is 1. The molecule has 0 aliphatic rings. The first-order valence-corrected chi connectivity index (χ1v) is 8.25. The van der Waals surface area contributed by atoms with Crippen molar-refractivity contribution in [3.63, 3.8) is 0 Å². The molecule has 0 saturated carbocycles. The van der Waals surface area contributed by atoms with E-state index in [1.54, 1.807) is 18.5 Å². The number of nitrogens with one attached hydrogen (secondary N) is 2. The van der Waals surface area contributed by atoms with Gasteiger partial charge in [0.05, 0.1) is 23.8 Å². The standard InChI is InChI=1S/C19H21N5O/c1-15(16-12-22-24(14-16)18-7-3-2-4-8-18)21-11-9-19(25)23-17-6-5-10-20-13-17/h2-8,10,12-15,21H,9,11H2,1H3,(H,23,25)/t15-/m1/s1. The maximum absolute atomic E-state index is 11.9. The Bertz CT molecular complexity index is 801. The second kappa shape index (κ2) is 8.21. The van der Waals surface area contributed by atoms with Gasteiger partial charge in [-0.05, 0) is 31.2 Å². The minimum Gasteiger partial charge on any atom is -0.325 e. The molecule has 6 heteroatoms. The second-order valence-electron chi connectivity index (χ2n) is 5.77. The molecule has 0 unspecified atom stereocenters. The Morgan fingerprint density at radius 3 is 2.76 bits per heavy atom. The zero-order valence-corrected chi connectivity index (χ0v) is 14.1. The zero-order valence-electron chi connectivity index (χ0n) is 14.1. The highest BCUT2D eigenvalue weighted by Gasteiger charge is 2.09. The molecule has 2 aromatic heterocycles. The van der Waals surface area contributed by atoms with E-state index in [1.165, 1.54) is 0 Å². The third kappa shape index (κ3) is 4.74. The molecule has 0 radical (unpaired) electrons. The molecular weight excluding hydrogens is 314 g/mol. The van der Waals surface area contributed by atoms with Gasteiger partial charge in [0.15, 0.2) is 0 Å². The molecule has 0 bridgehead atoms. The number of amides is 1. The maximum Gasteiger partial charge on any atom is 0.225 e. The molecule has 1 amide bonds. The van der Waals surface area contributed by atoms with Gasteiger partial charge in [0.25, 0.3) is 0 Å². The van der Waals surface area contributed by atoms with Crippen LogP contribution in [0.5, 0.6) is 0 Å². The van der Waals surface area contributed by atoms with Crippen molar-refractivity contribution in [2.75, 3.05) is 11.9 Å². The van der Waals surface area contributed by atoms with Crippen LogP contribution in [0.3, 0.4) is 0 Å². The van der Waals surface area contributed by atoms with Gasteiger partial charge in [-0.25, -0.2) is 4.68 Å². The fourth-order valence-corrected chi connectivity index (χ4v) is 2.46. The second-order valence-corrected chi connectivity index (χ2v) is 5.77. The highest BCUT2D eigenvalue weighted by molar-refractivity contribution is 5.90. The number of carbonyl (C=O) groups excluding carboxylic acids is 1. The number of anilines is 1. The Kier molecular flexibility index (Phi) is 5.53. The smallest absolute Gasteiger partial charge is 0.225 e. The Morgan fingerprint density at radius 1 is 1.16 bits per heavy atom. The van der Waals surface area contributed by atoms with E-state index in [0.717, 1.165) is 11.3 Å². The molecule has 2 N–H and O–H groups in total. The SMILES string of the molecule is C[C@@H](NCCC(=O)Nc1cccnc1)c1cnn(-c2ccccc2)c1. The van der Waals surface area contributed by atoms with Crippen LogP contribution in [0.25, 0.3) is 5.69 Å². The largest absolute Gasteiger partial charge is 0.325 e. The number of rotatable bonds is 7. The van der Waals surface area contributed by atoms with E-state index in [-0.39, 0.29) is 11.9 Å². The summed E-state index contributed by atoms with van der Waals surface area (Å²) in [5, 5.41) is 10.6. The molecule has 128 valence electrons. The van der Waals surface area contributed by atoms with Crippen LogP contribution in [0, 0.1) is 0 Å². The van der Waals surface area contributed by atoms with Crippen LogP contribution in [-0.2, 0) is 4.79 Å². The summed E-state index contributed by atoms with van der Waals surface area (Å²) in [6.45, 7) is 2.65. The van der Waals surface area contributed by atoms with Gasteiger partial charge in [-0.2, -0.15) is 5.10 Å². The fraction of sp³-hybridized carbons (Fsp3) is 0.211. The van der Waals surface area contributed by atoms with Crippen LogP contribution in [0.4, 0.5) is 5.69 Å². The summed E-state index contributed by atoms with van der Waals surface area (Å²) >= 11 is 0. The summed E-state index contributed by atoms with van der Waals surface area (Å²) in [5.74, 6) is -0.0346. The van der Waals surface area contributed by atoms with Crippen LogP contribution in [0.2, 0.25) is 0 Å². The van der Waals surface area contributed by atoms with Crippen molar-refractivity contribution in [3.8, 4) is 5.69 Å². The molecule has 3 aromatic rings. The summed E-state index contributed by atoms with van der Waals surface area (Å²) in [5.41, 5.74) is 2.82. The van der Waals surface area contributed by atoms with Crippen LogP contribution in [0.15, 0.2) is 67.3 Å². The minimum absolute atomic E-state index is 0.0346. The first kappa shape index (κ1) is 16.9. The molecule has 6 nitrogen and oxygen atoms in total. The number of benzene rings is 1. The quantitative estimate of drug-likeness (QED) is 0.696. The van der Waals surface area contributed by atoms with Gasteiger partial charge in [-0.3, -0.25) is 9.78 Å². The summed E-state index contributed by atoms with van der Waals surface area (Å²) in [4.78, 5) is 15.9. The zero-order chi connectivity index (χ0) is 17.5. The molecule has 3 rings (SSSR count). The molecule has 0 saturated heterocycles. The third-order valence-electron chi connectivity index (χ3n) is 3.87. The predicted octanol–water partition coefficient (Wildman–Crippen LogP) is 2.95. The van der Waals surface area contributed by atoms with Gasteiger partial charge in [-0.15, -0.1) is 0 Å². The van der Waals surface area contributed by atoms with E-state index in [2.05, 4.69) is 27.6 Å². The summed E-state index contributed by atoms with van der Waals surface area (Å²) in [7, 11) is 0. The fourth-order valence-electron chi connectivity index (χ4n) is 2.46. The van der Waals surface area contributed by atoms with Gasteiger partial charge < -0.3 is 10.6 Å². The van der Waals surface area contributed by atoms with E-state index >= 15 is 0 Å². The first-order chi connectivity index (χ1) is 12.2. The molecular formula is C19H21N5O. The Balaban J connectivity index is 1.47. The maximum atomic E-state index is 11.9. The number of hydrogen-bond donors (Lipinski definition) is 2. The van der Waals surface area contributed by atoms with Crippen molar-refractivity contribution < 1.29 is 4.79 Å². The van der Waals surface area contributed by atoms with Gasteiger partial charge in [0.2, 0.25) is 5.91 Å². The number of hydrogen-bond acceptors (Lipinski definition) is 4. The Labute approximate surface area is 146 Å². The number of aromatic nitrogens is 3. The van der Waals surface area contributed by atoms with E-state index in [0.29, 0.717) is 18.7 Å². The molecule has 25 heavy (non-hydrogen) atoms. The lowest BCUT2D eigenvalue weighted by Crippen LogP contribution is -2.24. The van der Waals surface area contributed by atoms with Crippen molar-refractivity contribution in [1.29, 1.82) is 0 Å². The molecule has 2 heterocycles. The van der Waals surface area contributed by atoms with Gasteiger partial charge in [0, 0.05) is 37.0 Å². The molecule has 0 spiro atoms. The summed E-state index contributed by atoms with van der Waals surface area (Å²) < 4.78 is 1.85. The highest BCUT2D eigenvalue weighted by Crippen LogP contribution is 2.14. The predicted molar refractivity (Wildman–Crippen MR) is 97.5 cm³/mol. The Hall–Kier alpha value is -2.99.